The van der Waals surface area contributed by atoms with Crippen LogP contribution in [-0.2, 0) is 8.85 Å². The zero-order valence-electron chi connectivity index (χ0n) is 19.7. The first-order valence-electron chi connectivity index (χ1n) is 10.4. The molecular formula is C22H46O2Si2. The maximum absolute atomic E-state index is 6.84. The molecule has 4 heteroatoms. The quantitative estimate of drug-likeness (QED) is 0.346. The van der Waals surface area contributed by atoms with Crippen molar-refractivity contribution in [1.29, 1.82) is 0 Å². The molecule has 0 spiro atoms. The van der Waals surface area contributed by atoms with Gasteiger partial charge in [0.15, 0.2) is 16.6 Å². The van der Waals surface area contributed by atoms with Gasteiger partial charge in [-0.15, -0.1) is 0 Å². The molecule has 1 aliphatic rings. The molecule has 0 radical (unpaired) electrons. The Labute approximate surface area is 166 Å². The van der Waals surface area contributed by atoms with Crippen LogP contribution in [0, 0.1) is 17.8 Å². The van der Waals surface area contributed by atoms with Crippen molar-refractivity contribution in [1.82, 2.24) is 0 Å². The van der Waals surface area contributed by atoms with Gasteiger partial charge in [0.2, 0.25) is 0 Å². The zero-order chi connectivity index (χ0) is 20.7. The van der Waals surface area contributed by atoms with E-state index in [1.165, 1.54) is 5.57 Å². The second-order valence-corrected chi connectivity index (χ2v) is 21.3. The third-order valence-electron chi connectivity index (χ3n) is 7.59. The average Bonchev–Trinajstić information content (AvgIpc) is 2.70. The van der Waals surface area contributed by atoms with E-state index in [0.717, 1.165) is 13.0 Å². The van der Waals surface area contributed by atoms with Crippen molar-refractivity contribution in [3.8, 4) is 0 Å². The predicted octanol–water partition coefficient (Wildman–Crippen LogP) is 7.25. The van der Waals surface area contributed by atoms with Gasteiger partial charge in [-0.25, -0.2) is 0 Å². The van der Waals surface area contributed by atoms with Crippen LogP contribution in [0.2, 0.25) is 36.3 Å². The summed E-state index contributed by atoms with van der Waals surface area (Å²) in [7, 11) is -3.48. The highest BCUT2D eigenvalue weighted by Gasteiger charge is 2.48. The van der Waals surface area contributed by atoms with Crippen LogP contribution in [0.25, 0.3) is 0 Å². The largest absolute Gasteiger partial charge is 0.417 e. The molecule has 0 unspecified atom stereocenters. The minimum absolute atomic E-state index is 0.251. The van der Waals surface area contributed by atoms with Crippen molar-refractivity contribution in [2.24, 2.45) is 17.8 Å². The van der Waals surface area contributed by atoms with Gasteiger partial charge in [-0.3, -0.25) is 0 Å². The molecular weight excluding hydrogens is 352 g/mol. The molecule has 154 valence electrons. The molecule has 0 aliphatic heterocycles. The molecule has 4 atom stereocenters. The first-order valence-corrected chi connectivity index (χ1v) is 16.2. The summed E-state index contributed by atoms with van der Waals surface area (Å²) in [6.07, 6.45) is 1.44. The van der Waals surface area contributed by atoms with E-state index >= 15 is 0 Å². The van der Waals surface area contributed by atoms with Gasteiger partial charge in [0.05, 0.1) is 0 Å². The molecule has 0 saturated heterocycles. The molecule has 0 aromatic rings. The molecule has 0 bridgehead atoms. The Hall–Kier alpha value is 0.0938. The summed E-state index contributed by atoms with van der Waals surface area (Å²) < 4.78 is 13.5. The number of hydrogen-bond acceptors (Lipinski definition) is 2. The Morgan fingerprint density at radius 1 is 0.962 bits per heavy atom. The van der Waals surface area contributed by atoms with E-state index in [2.05, 4.69) is 88.2 Å². The van der Waals surface area contributed by atoms with Gasteiger partial charge in [-0.1, -0.05) is 60.6 Å². The molecule has 0 aromatic heterocycles. The summed E-state index contributed by atoms with van der Waals surface area (Å²) in [4.78, 5) is 0. The van der Waals surface area contributed by atoms with E-state index < -0.39 is 16.6 Å². The van der Waals surface area contributed by atoms with E-state index in [-0.39, 0.29) is 10.1 Å². The van der Waals surface area contributed by atoms with Crippen molar-refractivity contribution in [2.45, 2.75) is 104 Å². The molecule has 26 heavy (non-hydrogen) atoms. The SMILES string of the molecule is C=C(C)[C@H]1C[C@H](O[Si](C)(C)C(C)(C)C)[C@H](C)[C@H]1CO[Si](C)(C)C(C)(C)C. The Bertz CT molecular complexity index is 497. The van der Waals surface area contributed by atoms with Gasteiger partial charge in [0.1, 0.15) is 0 Å². The van der Waals surface area contributed by atoms with Crippen molar-refractivity contribution in [3.05, 3.63) is 12.2 Å². The zero-order valence-corrected chi connectivity index (χ0v) is 21.7. The maximum atomic E-state index is 6.84. The molecule has 2 nitrogen and oxygen atoms in total. The summed E-state index contributed by atoms with van der Waals surface area (Å²) in [5.41, 5.74) is 1.29. The maximum Gasteiger partial charge on any atom is 0.192 e. The van der Waals surface area contributed by atoms with Gasteiger partial charge < -0.3 is 8.85 Å². The van der Waals surface area contributed by atoms with Crippen LogP contribution < -0.4 is 0 Å². The summed E-state index contributed by atoms with van der Waals surface area (Å²) >= 11 is 0. The molecule has 0 amide bonds. The lowest BCUT2D eigenvalue weighted by Crippen LogP contribution is -2.45. The Balaban J connectivity index is 2.93. The standard InChI is InChI=1S/C22H46O2Si2/c1-16(2)18-14-20(24-26(12,13)22(7,8)9)17(3)19(18)15-23-25(10,11)21(4,5)6/h17-20H,1,14-15H2,2-13H3/t17-,18-,19-,20+/m1/s1. The van der Waals surface area contributed by atoms with Crippen LogP contribution in [0.4, 0.5) is 0 Å². The molecule has 0 N–H and O–H groups in total. The third kappa shape index (κ3) is 5.33. The monoisotopic (exact) mass is 398 g/mol. The first-order chi connectivity index (χ1) is 11.4. The van der Waals surface area contributed by atoms with E-state index in [1.807, 2.05) is 0 Å². The van der Waals surface area contributed by atoms with Gasteiger partial charge in [-0.05, 0) is 67.4 Å². The smallest absolute Gasteiger partial charge is 0.192 e. The highest BCUT2D eigenvalue weighted by atomic mass is 28.4. The van der Waals surface area contributed by atoms with Crippen molar-refractivity contribution in [2.75, 3.05) is 6.61 Å². The topological polar surface area (TPSA) is 18.5 Å². The Morgan fingerprint density at radius 2 is 1.42 bits per heavy atom. The summed E-state index contributed by atoms with van der Waals surface area (Å²) in [5.74, 6) is 1.57. The van der Waals surface area contributed by atoms with Crippen LogP contribution in [0.3, 0.4) is 0 Å². The van der Waals surface area contributed by atoms with Gasteiger partial charge in [0, 0.05) is 12.7 Å². The fraction of sp³-hybridized carbons (Fsp3) is 0.909. The molecule has 1 aliphatic carbocycles. The normalized spacial score (nSPS) is 28.5. The van der Waals surface area contributed by atoms with Crippen LogP contribution >= 0.6 is 0 Å². The minimum Gasteiger partial charge on any atom is -0.417 e. The Kier molecular flexibility index (Phi) is 7.28. The summed E-state index contributed by atoms with van der Waals surface area (Å²) in [6.45, 7) is 33.1. The fourth-order valence-corrected chi connectivity index (χ4v) is 5.81. The second-order valence-electron chi connectivity index (χ2n) is 11.7. The van der Waals surface area contributed by atoms with Crippen LogP contribution in [-0.4, -0.2) is 29.3 Å². The molecule has 1 saturated carbocycles. The summed E-state index contributed by atoms with van der Waals surface area (Å²) in [6, 6.07) is 0. The molecule has 1 fully saturated rings. The average molecular weight is 399 g/mol. The van der Waals surface area contributed by atoms with Crippen molar-refractivity contribution < 1.29 is 8.85 Å². The van der Waals surface area contributed by atoms with Gasteiger partial charge >= 0.3 is 0 Å². The minimum atomic E-state index is -1.76. The lowest BCUT2D eigenvalue weighted by molar-refractivity contribution is 0.115. The summed E-state index contributed by atoms with van der Waals surface area (Å²) in [5, 5.41) is 0.506. The molecule has 0 heterocycles. The molecule has 1 rings (SSSR count). The second kappa shape index (κ2) is 7.84. The van der Waals surface area contributed by atoms with Crippen LogP contribution in [0.15, 0.2) is 12.2 Å². The lowest BCUT2D eigenvalue weighted by atomic mass is 9.87. The third-order valence-corrected chi connectivity index (χ3v) is 16.6. The highest BCUT2D eigenvalue weighted by Crippen LogP contribution is 2.47. The van der Waals surface area contributed by atoms with E-state index in [0.29, 0.717) is 23.9 Å². The Morgan fingerprint density at radius 3 is 1.81 bits per heavy atom. The van der Waals surface area contributed by atoms with Crippen LogP contribution in [0.1, 0.15) is 61.8 Å². The lowest BCUT2D eigenvalue weighted by Gasteiger charge is -2.40. The van der Waals surface area contributed by atoms with E-state index in [4.69, 9.17) is 8.85 Å². The van der Waals surface area contributed by atoms with E-state index in [1.54, 1.807) is 0 Å². The van der Waals surface area contributed by atoms with Gasteiger partial charge in [-0.2, -0.15) is 0 Å². The van der Waals surface area contributed by atoms with Crippen molar-refractivity contribution in [3.63, 3.8) is 0 Å². The first kappa shape index (κ1) is 24.1. The van der Waals surface area contributed by atoms with E-state index in [9.17, 15) is 0 Å². The molecule has 0 aromatic carbocycles. The fourth-order valence-electron chi connectivity index (χ4n) is 3.35. The highest BCUT2D eigenvalue weighted by molar-refractivity contribution is 6.74. The number of hydrogen-bond donors (Lipinski definition) is 0. The van der Waals surface area contributed by atoms with Gasteiger partial charge in [0.25, 0.3) is 0 Å². The predicted molar refractivity (Wildman–Crippen MR) is 121 cm³/mol. The van der Waals surface area contributed by atoms with Crippen molar-refractivity contribution >= 4 is 16.6 Å². The van der Waals surface area contributed by atoms with Crippen LogP contribution in [0.5, 0.6) is 0 Å². The number of allylic oxidation sites excluding steroid dienone is 1. The number of rotatable bonds is 6.